The number of hydrogen-bond acceptors (Lipinski definition) is 5. The highest BCUT2D eigenvalue weighted by Crippen LogP contribution is 2.31. The van der Waals surface area contributed by atoms with Crippen molar-refractivity contribution < 1.29 is 19.1 Å². The maximum atomic E-state index is 13.2. The van der Waals surface area contributed by atoms with Crippen molar-refractivity contribution in [3.05, 3.63) is 89.2 Å². The molecule has 0 saturated heterocycles. The standard InChI is InChI=1S/C26H23N3O4/c30-25(17-11-12-22-23(16-17)33-15-14-32-22)18-6-1-2-7-19(18)26(31)27-13-5-10-24-28-20-8-3-4-9-21(20)29-24/h1-4,6-9,11-12,16H,5,10,13-15H2,(H,27,31)(H,28,29). The molecule has 7 heteroatoms. The Morgan fingerprint density at radius 2 is 1.67 bits per heavy atom. The Morgan fingerprint density at radius 3 is 2.52 bits per heavy atom. The lowest BCUT2D eigenvalue weighted by Gasteiger charge is -2.18. The number of nitrogens with zero attached hydrogens (tertiary/aromatic N) is 1. The third kappa shape index (κ3) is 4.43. The number of nitrogens with one attached hydrogen (secondary N) is 2. The molecule has 0 spiro atoms. The van der Waals surface area contributed by atoms with Crippen LogP contribution in [0.4, 0.5) is 0 Å². The van der Waals surface area contributed by atoms with Gasteiger partial charge in [-0.1, -0.05) is 30.3 Å². The fraction of sp³-hybridized carbons (Fsp3) is 0.192. The predicted octanol–water partition coefficient (Wildman–Crippen LogP) is 3.93. The molecule has 1 aliphatic heterocycles. The first kappa shape index (κ1) is 20.8. The molecule has 7 nitrogen and oxygen atoms in total. The number of ketones is 1. The summed E-state index contributed by atoms with van der Waals surface area (Å²) in [6.45, 7) is 1.40. The van der Waals surface area contributed by atoms with E-state index in [0.29, 0.717) is 54.4 Å². The van der Waals surface area contributed by atoms with Crippen LogP contribution in [0.2, 0.25) is 0 Å². The van der Waals surface area contributed by atoms with Gasteiger partial charge in [-0.2, -0.15) is 0 Å². The topological polar surface area (TPSA) is 93.3 Å². The van der Waals surface area contributed by atoms with Gasteiger partial charge in [-0.05, 0) is 42.8 Å². The molecule has 1 amide bonds. The quantitative estimate of drug-likeness (QED) is 0.335. The van der Waals surface area contributed by atoms with Gasteiger partial charge in [0.05, 0.1) is 16.6 Å². The SMILES string of the molecule is O=C(NCCCc1nc2ccccc2[nH]1)c1ccccc1C(=O)c1ccc2c(c1)OCCO2. The van der Waals surface area contributed by atoms with Gasteiger partial charge in [0.1, 0.15) is 19.0 Å². The van der Waals surface area contributed by atoms with Gasteiger partial charge in [0.2, 0.25) is 0 Å². The third-order valence-corrected chi connectivity index (χ3v) is 5.54. The average Bonchev–Trinajstić information content (AvgIpc) is 3.28. The summed E-state index contributed by atoms with van der Waals surface area (Å²) in [5.74, 6) is 1.54. The molecule has 0 atom stereocenters. The van der Waals surface area contributed by atoms with Gasteiger partial charge in [-0.15, -0.1) is 0 Å². The van der Waals surface area contributed by atoms with Gasteiger partial charge in [0, 0.05) is 24.1 Å². The van der Waals surface area contributed by atoms with Gasteiger partial charge in [0.25, 0.3) is 5.91 Å². The van der Waals surface area contributed by atoms with Gasteiger partial charge >= 0.3 is 0 Å². The molecule has 0 aliphatic carbocycles. The van der Waals surface area contributed by atoms with Crippen LogP contribution in [0.5, 0.6) is 11.5 Å². The molecule has 2 heterocycles. The Balaban J connectivity index is 1.24. The van der Waals surface area contributed by atoms with E-state index in [2.05, 4.69) is 15.3 Å². The second-order valence-corrected chi connectivity index (χ2v) is 7.79. The number of fused-ring (bicyclic) bond motifs is 2. The monoisotopic (exact) mass is 441 g/mol. The van der Waals surface area contributed by atoms with Crippen LogP contribution in [0.15, 0.2) is 66.7 Å². The summed E-state index contributed by atoms with van der Waals surface area (Å²) >= 11 is 0. The molecule has 33 heavy (non-hydrogen) atoms. The molecule has 5 rings (SSSR count). The lowest BCUT2D eigenvalue weighted by atomic mass is 9.97. The number of aromatic amines is 1. The van der Waals surface area contributed by atoms with E-state index in [0.717, 1.165) is 23.3 Å². The average molecular weight is 441 g/mol. The number of hydrogen-bond donors (Lipinski definition) is 2. The minimum atomic E-state index is -0.277. The number of ether oxygens (including phenoxy) is 2. The number of imidazole rings is 1. The number of para-hydroxylation sites is 2. The van der Waals surface area contributed by atoms with Crippen molar-refractivity contribution in [1.29, 1.82) is 0 Å². The highest BCUT2D eigenvalue weighted by molar-refractivity contribution is 6.15. The maximum Gasteiger partial charge on any atom is 0.252 e. The van der Waals surface area contributed by atoms with E-state index in [1.807, 2.05) is 24.3 Å². The number of carbonyl (C=O) groups excluding carboxylic acids is 2. The Labute approximate surface area is 190 Å². The number of H-pyrrole nitrogens is 1. The largest absolute Gasteiger partial charge is 0.486 e. The molecular formula is C26H23N3O4. The molecule has 3 aromatic carbocycles. The molecule has 2 N–H and O–H groups in total. The first-order valence-electron chi connectivity index (χ1n) is 10.9. The van der Waals surface area contributed by atoms with Crippen LogP contribution in [0, 0.1) is 0 Å². The number of aryl methyl sites for hydroxylation is 1. The van der Waals surface area contributed by atoms with Crippen molar-refractivity contribution >= 4 is 22.7 Å². The fourth-order valence-electron chi connectivity index (χ4n) is 3.90. The number of aromatic nitrogens is 2. The summed E-state index contributed by atoms with van der Waals surface area (Å²) in [6, 6.07) is 19.8. The van der Waals surface area contributed by atoms with Gasteiger partial charge in [-0.3, -0.25) is 9.59 Å². The molecule has 0 unspecified atom stereocenters. The Morgan fingerprint density at radius 1 is 0.909 bits per heavy atom. The normalized spacial score (nSPS) is 12.5. The van der Waals surface area contributed by atoms with E-state index < -0.39 is 0 Å². The highest BCUT2D eigenvalue weighted by atomic mass is 16.6. The van der Waals surface area contributed by atoms with E-state index in [1.165, 1.54) is 0 Å². The van der Waals surface area contributed by atoms with Crippen LogP contribution in [0.1, 0.15) is 38.5 Å². The van der Waals surface area contributed by atoms with E-state index >= 15 is 0 Å². The first-order valence-corrected chi connectivity index (χ1v) is 10.9. The van der Waals surface area contributed by atoms with Crippen molar-refractivity contribution in [3.63, 3.8) is 0 Å². The number of carbonyl (C=O) groups is 2. The van der Waals surface area contributed by atoms with Crippen LogP contribution >= 0.6 is 0 Å². The molecular weight excluding hydrogens is 418 g/mol. The highest BCUT2D eigenvalue weighted by Gasteiger charge is 2.20. The van der Waals surface area contributed by atoms with Gasteiger partial charge < -0.3 is 19.8 Å². The zero-order valence-electron chi connectivity index (χ0n) is 18.0. The first-order chi connectivity index (χ1) is 16.2. The van der Waals surface area contributed by atoms with Crippen molar-refractivity contribution in [2.45, 2.75) is 12.8 Å². The number of rotatable bonds is 7. The van der Waals surface area contributed by atoms with Gasteiger partial charge in [0.15, 0.2) is 17.3 Å². The Bertz CT molecular complexity index is 1300. The molecule has 0 radical (unpaired) electrons. The summed E-state index contributed by atoms with van der Waals surface area (Å²) in [4.78, 5) is 33.9. The maximum absolute atomic E-state index is 13.2. The summed E-state index contributed by atoms with van der Waals surface area (Å²) in [6.07, 6.45) is 1.44. The second kappa shape index (κ2) is 9.16. The van der Waals surface area contributed by atoms with E-state index in [4.69, 9.17) is 9.47 Å². The van der Waals surface area contributed by atoms with Crippen LogP contribution < -0.4 is 14.8 Å². The lowest BCUT2D eigenvalue weighted by molar-refractivity contribution is 0.0941. The summed E-state index contributed by atoms with van der Waals surface area (Å²) in [5.41, 5.74) is 3.08. The zero-order chi connectivity index (χ0) is 22.6. The van der Waals surface area contributed by atoms with Crippen LogP contribution in [0.3, 0.4) is 0 Å². The summed E-state index contributed by atoms with van der Waals surface area (Å²) < 4.78 is 11.1. The number of amides is 1. The van der Waals surface area contributed by atoms with Crippen molar-refractivity contribution in [2.24, 2.45) is 0 Å². The third-order valence-electron chi connectivity index (χ3n) is 5.54. The Kier molecular flexibility index (Phi) is 5.76. The van der Waals surface area contributed by atoms with E-state index in [9.17, 15) is 9.59 Å². The van der Waals surface area contributed by atoms with E-state index in [-0.39, 0.29) is 11.7 Å². The smallest absolute Gasteiger partial charge is 0.252 e. The Hall–Kier alpha value is -4.13. The summed E-state index contributed by atoms with van der Waals surface area (Å²) in [5, 5.41) is 2.92. The lowest BCUT2D eigenvalue weighted by Crippen LogP contribution is -2.26. The van der Waals surface area contributed by atoms with Crippen molar-refractivity contribution in [3.8, 4) is 11.5 Å². The minimum Gasteiger partial charge on any atom is -0.486 e. The molecule has 0 bridgehead atoms. The molecule has 166 valence electrons. The molecule has 1 aliphatic rings. The van der Waals surface area contributed by atoms with Crippen molar-refractivity contribution in [2.75, 3.05) is 19.8 Å². The fourth-order valence-corrected chi connectivity index (χ4v) is 3.90. The zero-order valence-corrected chi connectivity index (χ0v) is 18.0. The predicted molar refractivity (Wildman–Crippen MR) is 124 cm³/mol. The van der Waals surface area contributed by atoms with Crippen LogP contribution in [-0.2, 0) is 6.42 Å². The van der Waals surface area contributed by atoms with Crippen LogP contribution in [-0.4, -0.2) is 41.4 Å². The second-order valence-electron chi connectivity index (χ2n) is 7.79. The summed E-state index contributed by atoms with van der Waals surface area (Å²) in [7, 11) is 0. The molecule has 0 saturated carbocycles. The molecule has 4 aromatic rings. The number of benzene rings is 3. The van der Waals surface area contributed by atoms with Crippen molar-refractivity contribution in [1.82, 2.24) is 15.3 Å². The van der Waals surface area contributed by atoms with Crippen LogP contribution in [0.25, 0.3) is 11.0 Å². The van der Waals surface area contributed by atoms with E-state index in [1.54, 1.807) is 42.5 Å². The molecule has 1 aromatic heterocycles. The molecule has 0 fully saturated rings. The van der Waals surface area contributed by atoms with Gasteiger partial charge in [-0.25, -0.2) is 4.98 Å². The minimum absolute atomic E-state index is 0.236.